The highest BCUT2D eigenvalue weighted by Gasteiger charge is 2.49. The van der Waals surface area contributed by atoms with Crippen LogP contribution in [0.15, 0.2) is 72.8 Å². The quantitative estimate of drug-likeness (QED) is 0.0889. The SMILES string of the molecule is COc1cc2c(cc1OCCP(=O)(CCO)CCOc1cc3c(cc1OC)C(=O)N1c4ccccc4C[C@H]1C(S(=O)(=O)O)N3)NC(S(=O)(=O)O)[C@@H]1Cc3ccccc3N1C2=O. The van der Waals surface area contributed by atoms with Crippen molar-refractivity contribution in [3.63, 3.8) is 0 Å². The number of methoxy groups -OCH3 is 2. The van der Waals surface area contributed by atoms with Crippen LogP contribution in [0.5, 0.6) is 23.0 Å². The summed E-state index contributed by atoms with van der Waals surface area (Å²) in [6.45, 7) is -0.720. The normalized spacial score (nSPS) is 21.2. The number of amides is 2. The van der Waals surface area contributed by atoms with Crippen molar-refractivity contribution in [3.8, 4) is 23.0 Å². The Morgan fingerprint density at radius 1 is 0.656 bits per heavy atom. The van der Waals surface area contributed by atoms with E-state index in [4.69, 9.17) is 18.9 Å². The van der Waals surface area contributed by atoms with Crippen LogP contribution in [0.1, 0.15) is 31.8 Å². The average Bonchev–Trinajstić information content (AvgIpc) is 3.72. The molecule has 18 nitrogen and oxygen atoms in total. The van der Waals surface area contributed by atoms with E-state index in [2.05, 4.69) is 10.6 Å². The van der Waals surface area contributed by atoms with Gasteiger partial charge >= 0.3 is 0 Å². The van der Waals surface area contributed by atoms with Crippen molar-refractivity contribution in [1.29, 1.82) is 0 Å². The summed E-state index contributed by atoms with van der Waals surface area (Å²) in [5.74, 6) is -0.584. The van der Waals surface area contributed by atoms with E-state index in [-0.39, 0.29) is 90.0 Å². The third-order valence-electron chi connectivity index (χ3n) is 11.5. The van der Waals surface area contributed by atoms with Crippen LogP contribution in [0.4, 0.5) is 22.7 Å². The second-order valence-electron chi connectivity index (χ2n) is 15.1. The van der Waals surface area contributed by atoms with Gasteiger partial charge in [-0.15, -0.1) is 0 Å². The predicted octanol–water partition coefficient (Wildman–Crippen LogP) is 3.94. The van der Waals surface area contributed by atoms with Gasteiger partial charge in [-0.25, -0.2) is 0 Å². The molecular formula is C40H43N4O14PS2. The minimum atomic E-state index is -4.73. The number of benzene rings is 4. The Bertz CT molecular complexity index is 2520. The first-order valence-corrected chi connectivity index (χ1v) is 24.5. The van der Waals surface area contributed by atoms with Gasteiger partial charge < -0.3 is 49.1 Å². The lowest BCUT2D eigenvalue weighted by molar-refractivity contribution is 0.0974. The molecule has 0 radical (unpaired) electrons. The van der Waals surface area contributed by atoms with Gasteiger partial charge in [0.1, 0.15) is 0 Å². The number of para-hydroxylation sites is 2. The van der Waals surface area contributed by atoms with Gasteiger partial charge in [0.2, 0.25) is 0 Å². The van der Waals surface area contributed by atoms with Crippen LogP contribution < -0.4 is 39.4 Å². The fourth-order valence-electron chi connectivity index (χ4n) is 8.56. The summed E-state index contributed by atoms with van der Waals surface area (Å²) in [5.41, 5.74) is 2.83. The Kier molecular flexibility index (Phi) is 11.2. The maximum absolute atomic E-state index is 14.2. The fraction of sp³-hybridized carbons (Fsp3) is 0.350. The topological polar surface area (TPSA) is 248 Å². The van der Waals surface area contributed by atoms with E-state index < -0.39 is 68.6 Å². The van der Waals surface area contributed by atoms with E-state index in [1.165, 1.54) is 48.3 Å². The molecule has 0 aliphatic carbocycles. The standard InChI is InChI=1S/C40H43N4O14PS2/c1-55-33-19-25-27(41-37(60(49,50)51)31-17-23-7-3-5-9-29(23)43(31)39(25)46)21-35(33)57-12-15-59(48,14-11-45)16-13-58-36-22-28-26(20-34(36)56-2)40(47)44-30-10-6-4-8-24(30)18-32(44)38(42-28)61(52,53)54/h3-10,19-22,31-32,37-38,41-42,45H,11-18H2,1-2H3,(H,49,50,51)(H,52,53,54)/t31-,32-,37?,38?,59?/m0/s1. The lowest BCUT2D eigenvalue weighted by Gasteiger charge is -2.27. The Hall–Kier alpha value is -5.37. The molecule has 4 aromatic rings. The van der Waals surface area contributed by atoms with Crippen molar-refractivity contribution in [2.45, 2.75) is 35.7 Å². The van der Waals surface area contributed by atoms with E-state index in [9.17, 15) is 45.2 Å². The Balaban J connectivity index is 0.989. The second kappa shape index (κ2) is 16.2. The third kappa shape index (κ3) is 7.87. The zero-order valence-corrected chi connectivity index (χ0v) is 35.4. The molecule has 324 valence electrons. The van der Waals surface area contributed by atoms with Crippen molar-refractivity contribution in [2.75, 3.05) is 73.0 Å². The molecule has 0 spiro atoms. The minimum Gasteiger partial charge on any atom is -0.493 e. The van der Waals surface area contributed by atoms with Crippen LogP contribution >= 0.6 is 7.14 Å². The van der Waals surface area contributed by atoms with Crippen molar-refractivity contribution >= 4 is 61.9 Å². The van der Waals surface area contributed by atoms with Gasteiger partial charge in [-0.1, -0.05) is 36.4 Å². The number of hydrogen-bond donors (Lipinski definition) is 5. The van der Waals surface area contributed by atoms with Crippen LogP contribution in [-0.2, 0) is 37.6 Å². The summed E-state index contributed by atoms with van der Waals surface area (Å²) in [7, 11) is -9.98. The highest BCUT2D eigenvalue weighted by atomic mass is 32.2. The monoisotopic (exact) mass is 898 g/mol. The summed E-state index contributed by atoms with van der Waals surface area (Å²) in [6, 6.07) is 17.7. The lowest BCUT2D eigenvalue weighted by Crippen LogP contribution is -2.49. The highest BCUT2D eigenvalue weighted by molar-refractivity contribution is 7.86. The predicted molar refractivity (Wildman–Crippen MR) is 226 cm³/mol. The van der Waals surface area contributed by atoms with E-state index >= 15 is 0 Å². The molecule has 4 heterocycles. The summed E-state index contributed by atoms with van der Waals surface area (Å²) in [5, 5.41) is 12.4. The van der Waals surface area contributed by atoms with E-state index in [1.54, 1.807) is 48.5 Å². The van der Waals surface area contributed by atoms with Crippen molar-refractivity contribution in [2.24, 2.45) is 0 Å². The number of aliphatic hydroxyl groups is 1. The van der Waals surface area contributed by atoms with Crippen LogP contribution in [0.3, 0.4) is 0 Å². The van der Waals surface area contributed by atoms with Crippen molar-refractivity contribution in [1.82, 2.24) is 0 Å². The fourth-order valence-corrected chi connectivity index (χ4v) is 12.2. The molecule has 0 bridgehead atoms. The number of rotatable bonds is 14. The Morgan fingerprint density at radius 3 is 1.44 bits per heavy atom. The zero-order chi connectivity index (χ0) is 43.4. The van der Waals surface area contributed by atoms with Crippen LogP contribution in [0.25, 0.3) is 0 Å². The molecule has 4 aliphatic rings. The van der Waals surface area contributed by atoms with Crippen LogP contribution in [-0.4, -0.2) is 118 Å². The van der Waals surface area contributed by atoms with Gasteiger partial charge in [-0.2, -0.15) is 16.8 Å². The Labute approximate surface area is 351 Å². The van der Waals surface area contributed by atoms with Crippen molar-refractivity contribution < 1.29 is 64.1 Å². The second-order valence-corrected chi connectivity index (χ2v) is 21.6. The first-order chi connectivity index (χ1) is 29.0. The summed E-state index contributed by atoms with van der Waals surface area (Å²) >= 11 is 0. The van der Waals surface area contributed by atoms with Gasteiger partial charge in [0.15, 0.2) is 33.7 Å². The van der Waals surface area contributed by atoms with Gasteiger partial charge in [0.05, 0.1) is 69.2 Å². The summed E-state index contributed by atoms with van der Waals surface area (Å²) in [6.07, 6.45) is 0.178. The molecule has 21 heteroatoms. The third-order valence-corrected chi connectivity index (χ3v) is 16.6. The highest BCUT2D eigenvalue weighted by Crippen LogP contribution is 2.47. The summed E-state index contributed by atoms with van der Waals surface area (Å²) < 4.78 is 109. The number of anilines is 4. The molecule has 4 aromatic carbocycles. The van der Waals surface area contributed by atoms with Gasteiger partial charge in [0, 0.05) is 48.6 Å². The number of nitrogens with zero attached hydrogens (tertiary/aromatic N) is 2. The lowest BCUT2D eigenvalue weighted by atomic mass is 10.1. The smallest absolute Gasteiger partial charge is 0.288 e. The number of nitrogens with one attached hydrogen (secondary N) is 2. The van der Waals surface area contributed by atoms with Crippen LogP contribution in [0, 0.1) is 0 Å². The molecule has 4 atom stereocenters. The first kappa shape index (κ1) is 42.3. The summed E-state index contributed by atoms with van der Waals surface area (Å²) in [4.78, 5) is 30.7. The molecule has 4 aliphatic heterocycles. The number of fused-ring (bicyclic) bond motifs is 8. The van der Waals surface area contributed by atoms with Gasteiger partial charge in [-0.3, -0.25) is 18.7 Å². The molecule has 0 saturated carbocycles. The van der Waals surface area contributed by atoms with Crippen molar-refractivity contribution in [3.05, 3.63) is 95.1 Å². The molecule has 0 aromatic heterocycles. The molecule has 0 saturated heterocycles. The number of carbonyl (C=O) groups is 2. The van der Waals surface area contributed by atoms with Gasteiger partial charge in [-0.05, 0) is 48.2 Å². The molecule has 0 fully saturated rings. The molecule has 2 unspecified atom stereocenters. The first-order valence-electron chi connectivity index (χ1n) is 19.2. The molecule has 2 amide bonds. The van der Waals surface area contributed by atoms with E-state index in [0.29, 0.717) is 11.4 Å². The maximum atomic E-state index is 14.2. The molecule has 61 heavy (non-hydrogen) atoms. The van der Waals surface area contributed by atoms with Gasteiger partial charge in [0.25, 0.3) is 32.1 Å². The van der Waals surface area contributed by atoms with Crippen LogP contribution in [0.2, 0.25) is 0 Å². The average molecular weight is 899 g/mol. The largest absolute Gasteiger partial charge is 0.493 e. The zero-order valence-electron chi connectivity index (χ0n) is 32.9. The minimum absolute atomic E-state index is 0.0457. The maximum Gasteiger partial charge on any atom is 0.288 e. The molecule has 5 N–H and O–H groups in total. The number of aliphatic hydroxyl groups excluding tert-OH is 1. The Morgan fingerprint density at radius 2 is 1.07 bits per heavy atom. The number of carbonyl (C=O) groups excluding carboxylic acids is 2. The number of hydrogen-bond acceptors (Lipinski definition) is 14. The molecular weight excluding hydrogens is 856 g/mol. The number of ether oxygens (including phenoxy) is 4. The molecule has 8 rings (SSSR count). The van der Waals surface area contributed by atoms with E-state index in [1.807, 2.05) is 0 Å². The van der Waals surface area contributed by atoms with E-state index in [0.717, 1.165) is 11.1 Å².